The van der Waals surface area contributed by atoms with Crippen LogP contribution in [0.3, 0.4) is 0 Å². The van der Waals surface area contributed by atoms with Crippen LogP contribution in [-0.4, -0.2) is 23.2 Å². The number of benzene rings is 1. The molecule has 1 rings (SSSR count). The van der Waals surface area contributed by atoms with E-state index in [9.17, 15) is 9.18 Å². The molecule has 0 aliphatic rings. The van der Waals surface area contributed by atoms with Crippen molar-refractivity contribution < 1.29 is 9.18 Å². The average Bonchev–Trinajstić information content (AvgIpc) is 2.52. The van der Waals surface area contributed by atoms with Crippen molar-refractivity contribution >= 4 is 38.2 Å². The molecule has 0 saturated carbocycles. The van der Waals surface area contributed by atoms with Crippen molar-refractivity contribution in [2.24, 2.45) is 0 Å². The molecular formula is C17H20BrFN4O. The van der Waals surface area contributed by atoms with Crippen molar-refractivity contribution in [1.82, 2.24) is 5.32 Å². The van der Waals surface area contributed by atoms with Crippen LogP contribution in [0.5, 0.6) is 0 Å². The van der Waals surface area contributed by atoms with Crippen LogP contribution < -0.4 is 10.6 Å². The van der Waals surface area contributed by atoms with E-state index in [2.05, 4.69) is 26.6 Å². The minimum Gasteiger partial charge on any atom is -0.391 e. The summed E-state index contributed by atoms with van der Waals surface area (Å²) in [6.07, 6.45) is 4.82. The smallest absolute Gasteiger partial charge is 0.161 e. The van der Waals surface area contributed by atoms with Crippen LogP contribution in [0.25, 0.3) is 0 Å². The maximum Gasteiger partial charge on any atom is 0.161 e. The second kappa shape index (κ2) is 9.77. The summed E-state index contributed by atoms with van der Waals surface area (Å²) in [5.74, 6) is -0.752. The zero-order valence-electron chi connectivity index (χ0n) is 13.5. The fraction of sp³-hybridized carbons (Fsp3) is 0.235. The number of halogens is 2. The van der Waals surface area contributed by atoms with Gasteiger partial charge < -0.3 is 16.0 Å². The highest BCUT2D eigenvalue weighted by Crippen LogP contribution is 2.22. The van der Waals surface area contributed by atoms with E-state index >= 15 is 0 Å². The molecular weight excluding hydrogens is 375 g/mol. The third-order valence-corrected chi connectivity index (χ3v) is 3.26. The largest absolute Gasteiger partial charge is 0.391 e. The molecule has 0 saturated heterocycles. The summed E-state index contributed by atoms with van der Waals surface area (Å²) in [6.45, 7) is 4.04. The van der Waals surface area contributed by atoms with E-state index in [1.165, 1.54) is 37.4 Å². The predicted molar refractivity (Wildman–Crippen MR) is 99.9 cm³/mol. The maximum absolute atomic E-state index is 13.4. The summed E-state index contributed by atoms with van der Waals surface area (Å²) in [6, 6.07) is 3.92. The van der Waals surface area contributed by atoms with Gasteiger partial charge in [0.2, 0.25) is 0 Å². The Morgan fingerprint density at radius 3 is 2.67 bits per heavy atom. The van der Waals surface area contributed by atoms with Gasteiger partial charge in [-0.3, -0.25) is 10.2 Å². The molecule has 5 nitrogen and oxygen atoms in total. The molecule has 1 aromatic carbocycles. The summed E-state index contributed by atoms with van der Waals surface area (Å²) < 4.78 is 13.5. The molecule has 0 unspecified atom stereocenters. The van der Waals surface area contributed by atoms with E-state index in [1.54, 1.807) is 6.20 Å². The molecule has 0 aromatic heterocycles. The number of anilines is 1. The molecule has 24 heavy (non-hydrogen) atoms. The van der Waals surface area contributed by atoms with Crippen LogP contribution in [0, 0.1) is 16.6 Å². The first kappa shape index (κ1) is 19.8. The SMILES string of the molecule is CCN/C=C(\C=N)C/C(=C/C(=N)Br)Nc1ccc(F)cc1C(C)=O. The summed E-state index contributed by atoms with van der Waals surface area (Å²) in [7, 11) is 0. The summed E-state index contributed by atoms with van der Waals surface area (Å²) >= 11 is 3.06. The molecule has 0 atom stereocenters. The molecule has 0 fully saturated rings. The van der Waals surface area contributed by atoms with E-state index in [0.29, 0.717) is 23.4 Å². The minimum absolute atomic E-state index is 0.143. The van der Waals surface area contributed by atoms with Gasteiger partial charge in [0, 0.05) is 42.3 Å². The van der Waals surface area contributed by atoms with Crippen LogP contribution in [0.15, 0.2) is 41.7 Å². The second-order valence-electron chi connectivity index (χ2n) is 4.99. The first-order chi connectivity index (χ1) is 11.4. The Labute approximate surface area is 149 Å². The third-order valence-electron chi connectivity index (χ3n) is 3.03. The first-order valence-corrected chi connectivity index (χ1v) is 8.11. The van der Waals surface area contributed by atoms with Crippen molar-refractivity contribution in [2.45, 2.75) is 20.3 Å². The zero-order chi connectivity index (χ0) is 18.1. The molecule has 0 aliphatic heterocycles. The molecule has 0 aliphatic carbocycles. The van der Waals surface area contributed by atoms with Gasteiger partial charge in [0.1, 0.15) is 5.82 Å². The van der Waals surface area contributed by atoms with Crippen LogP contribution in [0.4, 0.5) is 10.1 Å². The van der Waals surface area contributed by atoms with Crippen LogP contribution in [-0.2, 0) is 0 Å². The molecule has 0 radical (unpaired) electrons. The molecule has 7 heteroatoms. The summed E-state index contributed by atoms with van der Waals surface area (Å²) in [5, 5.41) is 21.1. The minimum atomic E-state index is -0.489. The van der Waals surface area contributed by atoms with Gasteiger partial charge in [-0.15, -0.1) is 0 Å². The highest BCUT2D eigenvalue weighted by molar-refractivity contribution is 9.18. The van der Waals surface area contributed by atoms with Gasteiger partial charge in [-0.2, -0.15) is 0 Å². The van der Waals surface area contributed by atoms with E-state index in [4.69, 9.17) is 10.8 Å². The monoisotopic (exact) mass is 394 g/mol. The van der Waals surface area contributed by atoms with Gasteiger partial charge in [0.05, 0.1) is 4.62 Å². The Kier molecular flexibility index (Phi) is 8.05. The lowest BCUT2D eigenvalue weighted by Crippen LogP contribution is -2.10. The Morgan fingerprint density at radius 2 is 2.12 bits per heavy atom. The molecule has 0 spiro atoms. The summed E-state index contributed by atoms with van der Waals surface area (Å²) in [4.78, 5) is 11.7. The standard InChI is InChI=1S/C17H20BrFN4O/c1-3-22-10-12(9-20)6-14(8-17(18)21)23-16-5-4-13(19)7-15(16)11(2)24/h4-5,7-10,20-23H,3,6H2,1-2H3/b12-10-,14-8-,20-9?,21-17?. The lowest BCUT2D eigenvalue weighted by atomic mass is 10.1. The number of hydrogen-bond acceptors (Lipinski definition) is 5. The van der Waals surface area contributed by atoms with Crippen molar-refractivity contribution in [1.29, 1.82) is 10.8 Å². The van der Waals surface area contributed by atoms with Crippen molar-refractivity contribution in [3.05, 3.63) is 53.1 Å². The van der Waals surface area contributed by atoms with E-state index in [0.717, 1.165) is 6.54 Å². The quantitative estimate of drug-likeness (QED) is 0.373. The van der Waals surface area contributed by atoms with Crippen LogP contribution in [0.2, 0.25) is 0 Å². The molecule has 0 heterocycles. The van der Waals surface area contributed by atoms with E-state index in [-0.39, 0.29) is 16.0 Å². The third kappa shape index (κ3) is 6.45. The Hall–Kier alpha value is -2.28. The number of allylic oxidation sites excluding steroid dienone is 2. The fourth-order valence-corrected chi connectivity index (χ4v) is 2.25. The number of rotatable bonds is 9. The van der Waals surface area contributed by atoms with E-state index < -0.39 is 5.82 Å². The van der Waals surface area contributed by atoms with Crippen LogP contribution >= 0.6 is 15.9 Å². The van der Waals surface area contributed by atoms with Gasteiger partial charge in [0.25, 0.3) is 0 Å². The molecule has 1 aromatic rings. The van der Waals surface area contributed by atoms with Gasteiger partial charge in [0.15, 0.2) is 5.78 Å². The van der Waals surface area contributed by atoms with Gasteiger partial charge >= 0.3 is 0 Å². The van der Waals surface area contributed by atoms with Gasteiger partial charge in [-0.05, 0) is 59.6 Å². The highest BCUT2D eigenvalue weighted by atomic mass is 79.9. The Bertz CT molecular complexity index is 698. The van der Waals surface area contributed by atoms with Crippen LogP contribution in [0.1, 0.15) is 30.6 Å². The number of hydrogen-bond donors (Lipinski definition) is 4. The molecule has 128 valence electrons. The average molecular weight is 395 g/mol. The maximum atomic E-state index is 13.4. The Balaban J connectivity index is 3.14. The fourth-order valence-electron chi connectivity index (χ4n) is 1.97. The number of Topliss-reactive ketones (excluding diaryl/α,β-unsaturated/α-hetero) is 1. The molecule has 0 amide bonds. The predicted octanol–water partition coefficient (Wildman–Crippen LogP) is 4.23. The normalized spacial score (nSPS) is 11.8. The van der Waals surface area contributed by atoms with Crippen molar-refractivity contribution in [3.63, 3.8) is 0 Å². The molecule has 0 bridgehead atoms. The van der Waals surface area contributed by atoms with Crippen molar-refractivity contribution in [3.8, 4) is 0 Å². The number of ketones is 1. The van der Waals surface area contributed by atoms with Gasteiger partial charge in [-0.1, -0.05) is 0 Å². The Morgan fingerprint density at radius 1 is 1.42 bits per heavy atom. The lowest BCUT2D eigenvalue weighted by Gasteiger charge is -2.14. The summed E-state index contributed by atoms with van der Waals surface area (Å²) in [5.41, 5.74) is 1.97. The topological polar surface area (TPSA) is 88.8 Å². The lowest BCUT2D eigenvalue weighted by molar-refractivity contribution is 0.101. The number of nitrogens with one attached hydrogen (secondary N) is 4. The number of carbonyl (C=O) groups excluding carboxylic acids is 1. The van der Waals surface area contributed by atoms with Gasteiger partial charge in [-0.25, -0.2) is 4.39 Å². The second-order valence-corrected chi connectivity index (χ2v) is 5.84. The zero-order valence-corrected chi connectivity index (χ0v) is 15.1. The first-order valence-electron chi connectivity index (χ1n) is 7.32. The molecule has 4 N–H and O–H groups in total. The van der Waals surface area contributed by atoms with Crippen molar-refractivity contribution in [2.75, 3.05) is 11.9 Å². The van der Waals surface area contributed by atoms with E-state index in [1.807, 2.05) is 6.92 Å². The number of carbonyl (C=O) groups is 1. The highest BCUT2D eigenvalue weighted by Gasteiger charge is 2.11.